The number of hydrogen-bond acceptors (Lipinski definition) is 3. The Morgan fingerprint density at radius 1 is 0.879 bits per heavy atom. The molecule has 4 heteroatoms. The molecule has 0 spiro atoms. The van der Waals surface area contributed by atoms with Gasteiger partial charge in [-0.15, -0.1) is 0 Å². The number of nitrogens with one attached hydrogen (secondary N) is 1. The summed E-state index contributed by atoms with van der Waals surface area (Å²) in [5, 5.41) is 3.02. The van der Waals surface area contributed by atoms with Crippen molar-refractivity contribution in [3.63, 3.8) is 0 Å². The monoisotopic (exact) mass is 441 g/mol. The molecule has 3 aromatic rings. The third-order valence-corrected chi connectivity index (χ3v) is 6.66. The maximum Gasteiger partial charge on any atom is 0.251 e. The van der Waals surface area contributed by atoms with Crippen molar-refractivity contribution in [2.24, 2.45) is 0 Å². The molecule has 0 aromatic heterocycles. The van der Waals surface area contributed by atoms with Crippen molar-refractivity contribution in [2.75, 3.05) is 32.1 Å². The van der Waals surface area contributed by atoms with Crippen LogP contribution in [0.1, 0.15) is 51.4 Å². The maximum absolute atomic E-state index is 12.3. The highest BCUT2D eigenvalue weighted by Crippen LogP contribution is 2.29. The van der Waals surface area contributed by atoms with Crippen LogP contribution in [-0.4, -0.2) is 38.0 Å². The normalized spacial score (nSPS) is 14.8. The number of benzene rings is 3. The Morgan fingerprint density at radius 3 is 2.09 bits per heavy atom. The van der Waals surface area contributed by atoms with Crippen molar-refractivity contribution < 1.29 is 4.79 Å². The van der Waals surface area contributed by atoms with Gasteiger partial charge in [-0.2, -0.15) is 0 Å². The molecule has 33 heavy (non-hydrogen) atoms. The van der Waals surface area contributed by atoms with Gasteiger partial charge in [0, 0.05) is 38.4 Å². The average Bonchev–Trinajstić information content (AvgIpc) is 2.84. The summed E-state index contributed by atoms with van der Waals surface area (Å²) in [5.41, 5.74) is 7.05. The first-order valence-corrected chi connectivity index (χ1v) is 11.9. The van der Waals surface area contributed by atoms with Crippen molar-refractivity contribution in [1.29, 1.82) is 0 Å². The molecule has 1 aliphatic heterocycles. The third-order valence-electron chi connectivity index (χ3n) is 6.66. The molecule has 0 saturated carbocycles. The highest BCUT2D eigenvalue weighted by atomic mass is 16.1. The summed E-state index contributed by atoms with van der Waals surface area (Å²) < 4.78 is 0. The van der Waals surface area contributed by atoms with Gasteiger partial charge in [0.1, 0.15) is 0 Å². The fourth-order valence-corrected chi connectivity index (χ4v) is 4.48. The van der Waals surface area contributed by atoms with Gasteiger partial charge < -0.3 is 10.2 Å². The molecule has 4 rings (SSSR count). The largest absolute Gasteiger partial charge is 0.378 e. The van der Waals surface area contributed by atoms with Crippen molar-refractivity contribution in [3.8, 4) is 0 Å². The summed E-state index contributed by atoms with van der Waals surface area (Å²) in [6.45, 7) is 5.87. The Bertz CT molecular complexity index is 1030. The predicted octanol–water partition coefficient (Wildman–Crippen LogP) is 5.37. The van der Waals surface area contributed by atoms with E-state index in [1.807, 2.05) is 31.2 Å². The third kappa shape index (κ3) is 6.23. The molecule has 0 atom stereocenters. The predicted molar refractivity (Wildman–Crippen MR) is 137 cm³/mol. The summed E-state index contributed by atoms with van der Waals surface area (Å²) in [7, 11) is 4.15. The first-order valence-electron chi connectivity index (χ1n) is 11.9. The van der Waals surface area contributed by atoms with E-state index in [0.717, 1.165) is 30.8 Å². The van der Waals surface area contributed by atoms with E-state index in [2.05, 4.69) is 77.7 Å². The highest BCUT2D eigenvalue weighted by molar-refractivity contribution is 5.94. The van der Waals surface area contributed by atoms with Gasteiger partial charge in [0.25, 0.3) is 5.91 Å². The molecule has 1 amide bonds. The molecule has 3 aromatic carbocycles. The number of likely N-dealkylation sites (tertiary alicyclic amines) is 1. The Kier molecular flexibility index (Phi) is 7.46. The van der Waals surface area contributed by atoms with Gasteiger partial charge in [-0.25, -0.2) is 0 Å². The van der Waals surface area contributed by atoms with E-state index in [1.165, 1.54) is 29.7 Å². The van der Waals surface area contributed by atoms with Gasteiger partial charge in [-0.1, -0.05) is 54.1 Å². The molecule has 1 aliphatic rings. The SMILES string of the molecule is Cc1ccc(C(=O)NCc2ccc(C3CCN(Cc4ccc(N(C)C)cc4)CC3)cc2)cc1. The van der Waals surface area contributed by atoms with Gasteiger partial charge >= 0.3 is 0 Å². The molecular weight excluding hydrogens is 406 g/mol. The first kappa shape index (κ1) is 23.1. The minimum absolute atomic E-state index is 0.0252. The second kappa shape index (κ2) is 10.7. The number of nitrogens with zero attached hydrogens (tertiary/aromatic N) is 2. The van der Waals surface area contributed by atoms with Gasteiger partial charge in [0.15, 0.2) is 0 Å². The van der Waals surface area contributed by atoms with Crippen molar-refractivity contribution >= 4 is 11.6 Å². The number of piperidine rings is 1. The van der Waals surface area contributed by atoms with E-state index in [1.54, 1.807) is 0 Å². The number of carbonyl (C=O) groups excluding carboxylic acids is 1. The van der Waals surface area contributed by atoms with E-state index in [4.69, 9.17) is 0 Å². The van der Waals surface area contributed by atoms with E-state index in [-0.39, 0.29) is 5.91 Å². The Morgan fingerprint density at radius 2 is 1.48 bits per heavy atom. The number of aryl methyl sites for hydroxylation is 1. The van der Waals surface area contributed by atoms with Crippen LogP contribution in [0.5, 0.6) is 0 Å². The molecule has 1 heterocycles. The minimum atomic E-state index is -0.0252. The molecule has 1 saturated heterocycles. The van der Waals surface area contributed by atoms with Crippen molar-refractivity contribution in [3.05, 3.63) is 101 Å². The van der Waals surface area contributed by atoms with E-state index >= 15 is 0 Å². The lowest BCUT2D eigenvalue weighted by molar-refractivity contribution is 0.0951. The van der Waals surface area contributed by atoms with Crippen LogP contribution in [0, 0.1) is 6.92 Å². The molecule has 0 radical (unpaired) electrons. The molecule has 1 N–H and O–H groups in total. The number of amides is 1. The van der Waals surface area contributed by atoms with E-state index in [0.29, 0.717) is 18.0 Å². The van der Waals surface area contributed by atoms with Crippen LogP contribution < -0.4 is 10.2 Å². The lowest BCUT2D eigenvalue weighted by atomic mass is 9.89. The Labute approximate surface area is 198 Å². The fraction of sp³-hybridized carbons (Fsp3) is 0.345. The fourth-order valence-electron chi connectivity index (χ4n) is 4.48. The standard InChI is InChI=1S/C29H35N3O/c1-22-4-10-27(11-5-22)29(33)30-20-23-6-12-25(13-7-23)26-16-18-32(19-17-26)21-24-8-14-28(15-9-24)31(2)3/h4-15,26H,16-21H2,1-3H3,(H,30,33). The van der Waals surface area contributed by atoms with Crippen LogP contribution in [0.25, 0.3) is 0 Å². The second-order valence-electron chi connectivity index (χ2n) is 9.40. The summed E-state index contributed by atoms with van der Waals surface area (Å²) in [6.07, 6.45) is 2.39. The molecule has 0 aliphatic carbocycles. The number of hydrogen-bond donors (Lipinski definition) is 1. The van der Waals surface area contributed by atoms with Crippen LogP contribution in [-0.2, 0) is 13.1 Å². The lowest BCUT2D eigenvalue weighted by Crippen LogP contribution is -2.32. The van der Waals surface area contributed by atoms with Crippen LogP contribution in [0.15, 0.2) is 72.8 Å². The number of anilines is 1. The van der Waals surface area contributed by atoms with Crippen LogP contribution in [0.2, 0.25) is 0 Å². The maximum atomic E-state index is 12.3. The molecular formula is C29H35N3O. The van der Waals surface area contributed by atoms with Gasteiger partial charge in [0.05, 0.1) is 0 Å². The summed E-state index contributed by atoms with van der Waals surface area (Å²) in [4.78, 5) is 17.0. The van der Waals surface area contributed by atoms with Gasteiger partial charge in [0.2, 0.25) is 0 Å². The van der Waals surface area contributed by atoms with Crippen LogP contribution in [0.3, 0.4) is 0 Å². The van der Waals surface area contributed by atoms with Gasteiger partial charge in [-0.3, -0.25) is 9.69 Å². The summed E-state index contributed by atoms with van der Waals surface area (Å²) in [6, 6.07) is 25.4. The van der Waals surface area contributed by atoms with Gasteiger partial charge in [-0.05, 0) is 79.7 Å². The average molecular weight is 442 g/mol. The Hall–Kier alpha value is -3.11. The van der Waals surface area contributed by atoms with Crippen molar-refractivity contribution in [2.45, 2.75) is 38.8 Å². The zero-order valence-corrected chi connectivity index (χ0v) is 20.1. The van der Waals surface area contributed by atoms with E-state index in [9.17, 15) is 4.79 Å². The molecule has 172 valence electrons. The first-order chi connectivity index (χ1) is 16.0. The quantitative estimate of drug-likeness (QED) is 0.535. The van der Waals surface area contributed by atoms with Crippen molar-refractivity contribution in [1.82, 2.24) is 10.2 Å². The van der Waals surface area contributed by atoms with Crippen LogP contribution in [0.4, 0.5) is 5.69 Å². The summed E-state index contributed by atoms with van der Waals surface area (Å²) >= 11 is 0. The van der Waals surface area contributed by atoms with Crippen LogP contribution >= 0.6 is 0 Å². The minimum Gasteiger partial charge on any atom is -0.378 e. The highest BCUT2D eigenvalue weighted by Gasteiger charge is 2.20. The number of rotatable bonds is 7. The zero-order chi connectivity index (χ0) is 23.2. The molecule has 0 unspecified atom stereocenters. The topological polar surface area (TPSA) is 35.6 Å². The van der Waals surface area contributed by atoms with E-state index < -0.39 is 0 Å². The smallest absolute Gasteiger partial charge is 0.251 e. The zero-order valence-electron chi connectivity index (χ0n) is 20.1. The number of carbonyl (C=O) groups is 1. The Balaban J connectivity index is 1.24. The molecule has 1 fully saturated rings. The lowest BCUT2D eigenvalue weighted by Gasteiger charge is -2.32. The second-order valence-corrected chi connectivity index (χ2v) is 9.40. The molecule has 0 bridgehead atoms. The molecule has 4 nitrogen and oxygen atoms in total. The summed E-state index contributed by atoms with van der Waals surface area (Å²) in [5.74, 6) is 0.594.